The van der Waals surface area contributed by atoms with E-state index in [0.717, 1.165) is 6.42 Å². The minimum atomic E-state index is -0.853. The van der Waals surface area contributed by atoms with Crippen molar-refractivity contribution in [3.8, 4) is 0 Å². The van der Waals surface area contributed by atoms with Crippen LogP contribution in [0.2, 0.25) is 0 Å². The molecule has 20 heavy (non-hydrogen) atoms. The van der Waals surface area contributed by atoms with E-state index >= 15 is 0 Å². The second-order valence-electron chi connectivity index (χ2n) is 6.76. The summed E-state index contributed by atoms with van der Waals surface area (Å²) in [5, 5.41) is 12.3. The van der Waals surface area contributed by atoms with E-state index in [1.54, 1.807) is 0 Å². The summed E-state index contributed by atoms with van der Waals surface area (Å²) in [6, 6.07) is 0. The molecular weight excluding hydrogens is 256 g/mol. The SMILES string of the molecule is CN(C)C(C)(C)CNC(=O)C1C2C=CC(C2)C1C(=O)O. The van der Waals surface area contributed by atoms with Gasteiger partial charge in [0.2, 0.25) is 5.91 Å². The fraction of sp³-hybridized carbons (Fsp3) is 0.733. The molecule has 5 heteroatoms. The molecule has 2 bridgehead atoms. The first-order valence-corrected chi connectivity index (χ1v) is 7.10. The summed E-state index contributed by atoms with van der Waals surface area (Å²) in [6.07, 6.45) is 4.76. The molecule has 2 N–H and O–H groups in total. The summed E-state index contributed by atoms with van der Waals surface area (Å²) in [5.74, 6) is -1.84. The van der Waals surface area contributed by atoms with E-state index in [2.05, 4.69) is 5.32 Å². The van der Waals surface area contributed by atoms with E-state index < -0.39 is 17.8 Å². The van der Waals surface area contributed by atoms with Crippen LogP contribution in [0.4, 0.5) is 0 Å². The Labute approximate surface area is 120 Å². The molecule has 4 unspecified atom stereocenters. The van der Waals surface area contributed by atoms with Crippen molar-refractivity contribution in [1.29, 1.82) is 0 Å². The number of amides is 1. The molecule has 0 aliphatic heterocycles. The number of carbonyl (C=O) groups excluding carboxylic acids is 1. The lowest BCUT2D eigenvalue weighted by molar-refractivity contribution is -0.147. The van der Waals surface area contributed by atoms with Crippen LogP contribution in [-0.4, -0.2) is 48.1 Å². The molecule has 1 saturated carbocycles. The van der Waals surface area contributed by atoms with Crippen LogP contribution in [0.25, 0.3) is 0 Å². The Bertz CT molecular complexity index is 442. The number of carboxylic acid groups (broad SMARTS) is 1. The van der Waals surface area contributed by atoms with Gasteiger partial charge < -0.3 is 15.3 Å². The number of hydrogen-bond donors (Lipinski definition) is 2. The maximum absolute atomic E-state index is 12.4. The van der Waals surface area contributed by atoms with E-state index in [4.69, 9.17) is 0 Å². The van der Waals surface area contributed by atoms with Crippen molar-refractivity contribution < 1.29 is 14.7 Å². The number of nitrogens with one attached hydrogen (secondary N) is 1. The molecule has 0 spiro atoms. The summed E-state index contributed by atoms with van der Waals surface area (Å²) >= 11 is 0. The predicted molar refractivity (Wildman–Crippen MR) is 76.1 cm³/mol. The molecule has 4 atom stereocenters. The molecule has 0 radical (unpaired) electrons. The van der Waals surface area contributed by atoms with E-state index in [1.165, 1.54) is 0 Å². The molecule has 0 aromatic carbocycles. The molecule has 1 amide bonds. The predicted octanol–water partition coefficient (Wildman–Crippen LogP) is 0.966. The zero-order valence-electron chi connectivity index (χ0n) is 12.6. The third-order valence-electron chi connectivity index (χ3n) is 4.95. The lowest BCUT2D eigenvalue weighted by atomic mass is 9.82. The Morgan fingerprint density at radius 2 is 1.80 bits per heavy atom. The largest absolute Gasteiger partial charge is 0.481 e. The Hall–Kier alpha value is -1.36. The number of allylic oxidation sites excluding steroid dienone is 2. The molecule has 2 rings (SSSR count). The molecule has 1 fully saturated rings. The second-order valence-corrected chi connectivity index (χ2v) is 6.76. The van der Waals surface area contributed by atoms with E-state index in [9.17, 15) is 14.7 Å². The minimum Gasteiger partial charge on any atom is -0.481 e. The first kappa shape index (κ1) is 15.0. The van der Waals surface area contributed by atoms with Gasteiger partial charge in [0.1, 0.15) is 0 Å². The highest BCUT2D eigenvalue weighted by Crippen LogP contribution is 2.48. The number of aliphatic carboxylic acids is 1. The molecule has 2 aliphatic rings. The monoisotopic (exact) mass is 280 g/mol. The van der Waals surface area contributed by atoms with Gasteiger partial charge in [-0.2, -0.15) is 0 Å². The van der Waals surface area contributed by atoms with Crippen molar-refractivity contribution >= 4 is 11.9 Å². The average Bonchev–Trinajstić information content (AvgIpc) is 2.95. The van der Waals surface area contributed by atoms with Crippen LogP contribution < -0.4 is 5.32 Å². The number of likely N-dealkylation sites (N-methyl/N-ethyl adjacent to an activating group) is 1. The first-order chi connectivity index (χ1) is 9.24. The maximum atomic E-state index is 12.4. The Morgan fingerprint density at radius 1 is 1.25 bits per heavy atom. The van der Waals surface area contributed by atoms with Crippen LogP contribution >= 0.6 is 0 Å². The summed E-state index contributed by atoms with van der Waals surface area (Å²) in [6.45, 7) is 4.61. The normalized spacial score (nSPS) is 31.9. The molecule has 0 saturated heterocycles. The highest BCUT2D eigenvalue weighted by molar-refractivity contribution is 5.86. The lowest BCUT2D eigenvalue weighted by Crippen LogP contribution is -2.50. The zero-order chi connectivity index (χ0) is 15.1. The van der Waals surface area contributed by atoms with Crippen molar-refractivity contribution in [2.24, 2.45) is 23.7 Å². The van der Waals surface area contributed by atoms with Crippen molar-refractivity contribution in [1.82, 2.24) is 10.2 Å². The van der Waals surface area contributed by atoms with Gasteiger partial charge in [-0.15, -0.1) is 0 Å². The van der Waals surface area contributed by atoms with Gasteiger partial charge in [-0.3, -0.25) is 9.59 Å². The fourth-order valence-corrected chi connectivity index (χ4v) is 3.10. The third-order valence-corrected chi connectivity index (χ3v) is 4.95. The minimum absolute atomic E-state index is 0.0232. The van der Waals surface area contributed by atoms with Crippen molar-refractivity contribution in [2.45, 2.75) is 25.8 Å². The van der Waals surface area contributed by atoms with Gasteiger partial charge in [0.05, 0.1) is 11.8 Å². The molecule has 0 aromatic heterocycles. The average molecular weight is 280 g/mol. The van der Waals surface area contributed by atoms with Gasteiger partial charge in [0.25, 0.3) is 0 Å². The highest BCUT2D eigenvalue weighted by Gasteiger charge is 2.51. The van der Waals surface area contributed by atoms with Gasteiger partial charge in [-0.25, -0.2) is 0 Å². The number of carboxylic acids is 1. The molecule has 5 nitrogen and oxygen atoms in total. The van der Waals surface area contributed by atoms with Crippen LogP contribution in [-0.2, 0) is 9.59 Å². The Morgan fingerprint density at radius 3 is 2.30 bits per heavy atom. The van der Waals surface area contributed by atoms with Crippen LogP contribution in [0.5, 0.6) is 0 Å². The third kappa shape index (κ3) is 2.59. The number of carbonyl (C=O) groups is 2. The number of fused-ring (bicyclic) bond motifs is 2. The topological polar surface area (TPSA) is 69.6 Å². The molecule has 112 valence electrons. The quantitative estimate of drug-likeness (QED) is 0.736. The number of nitrogens with zero attached hydrogens (tertiary/aromatic N) is 1. The van der Waals surface area contributed by atoms with E-state index in [0.29, 0.717) is 6.54 Å². The van der Waals surface area contributed by atoms with Gasteiger partial charge >= 0.3 is 5.97 Å². The summed E-state index contributed by atoms with van der Waals surface area (Å²) in [5.41, 5.74) is -0.151. The van der Waals surface area contributed by atoms with Crippen molar-refractivity contribution in [2.75, 3.05) is 20.6 Å². The van der Waals surface area contributed by atoms with Crippen LogP contribution in [0.15, 0.2) is 12.2 Å². The Kier molecular flexibility index (Phi) is 3.91. The van der Waals surface area contributed by atoms with Crippen LogP contribution in [0.3, 0.4) is 0 Å². The van der Waals surface area contributed by atoms with Crippen LogP contribution in [0.1, 0.15) is 20.3 Å². The van der Waals surface area contributed by atoms with Crippen LogP contribution in [0, 0.1) is 23.7 Å². The molecule has 0 heterocycles. The smallest absolute Gasteiger partial charge is 0.307 e. The maximum Gasteiger partial charge on any atom is 0.307 e. The Balaban J connectivity index is 2.02. The highest BCUT2D eigenvalue weighted by atomic mass is 16.4. The standard InChI is InChI=1S/C15H24N2O3/c1-15(2,17(3)4)8-16-13(18)11-9-5-6-10(7-9)12(11)14(19)20/h5-6,9-12H,7-8H2,1-4H3,(H,16,18)(H,19,20). The van der Waals surface area contributed by atoms with Gasteiger partial charge in [0, 0.05) is 12.1 Å². The fourth-order valence-electron chi connectivity index (χ4n) is 3.10. The zero-order valence-corrected chi connectivity index (χ0v) is 12.6. The van der Waals surface area contributed by atoms with Crippen molar-refractivity contribution in [3.63, 3.8) is 0 Å². The lowest BCUT2D eigenvalue weighted by Gasteiger charge is -2.33. The summed E-state index contributed by atoms with van der Waals surface area (Å²) in [7, 11) is 3.93. The van der Waals surface area contributed by atoms with Gasteiger partial charge in [-0.05, 0) is 46.2 Å². The number of hydrogen-bond acceptors (Lipinski definition) is 3. The molecule has 0 aromatic rings. The second kappa shape index (κ2) is 5.20. The molecular formula is C15H24N2O3. The van der Waals surface area contributed by atoms with Gasteiger partial charge in [-0.1, -0.05) is 12.2 Å². The number of rotatable bonds is 5. The van der Waals surface area contributed by atoms with E-state index in [-0.39, 0.29) is 23.3 Å². The van der Waals surface area contributed by atoms with E-state index in [1.807, 2.05) is 45.0 Å². The van der Waals surface area contributed by atoms with Crippen molar-refractivity contribution in [3.05, 3.63) is 12.2 Å². The first-order valence-electron chi connectivity index (χ1n) is 7.10. The summed E-state index contributed by atoms with van der Waals surface area (Å²) in [4.78, 5) is 25.8. The van der Waals surface area contributed by atoms with Gasteiger partial charge in [0.15, 0.2) is 0 Å². The summed E-state index contributed by atoms with van der Waals surface area (Å²) < 4.78 is 0. The molecule has 2 aliphatic carbocycles.